The Labute approximate surface area is 100 Å². The maximum absolute atomic E-state index is 4.49. The highest BCUT2D eigenvalue weighted by Gasteiger charge is 2.09. The molecule has 0 atom stereocenters. The van der Waals surface area contributed by atoms with Gasteiger partial charge in [-0.3, -0.25) is 4.68 Å². The van der Waals surface area contributed by atoms with Gasteiger partial charge < -0.3 is 5.32 Å². The quantitative estimate of drug-likeness (QED) is 0.882. The van der Waals surface area contributed by atoms with Crippen LogP contribution in [-0.4, -0.2) is 9.78 Å². The van der Waals surface area contributed by atoms with Crippen LogP contribution in [0.25, 0.3) is 0 Å². The molecule has 0 amide bonds. The number of hydrogen-bond donors (Lipinski definition) is 1. The van der Waals surface area contributed by atoms with Crippen molar-refractivity contribution in [3.63, 3.8) is 0 Å². The second-order valence-corrected chi connectivity index (χ2v) is 4.63. The number of aryl methyl sites for hydroxylation is 2. The zero-order chi connectivity index (χ0) is 11.5. The van der Waals surface area contributed by atoms with Gasteiger partial charge >= 0.3 is 0 Å². The molecule has 4 heteroatoms. The normalized spacial score (nSPS) is 10.7. The first-order valence-corrected chi connectivity index (χ1v) is 6.45. The van der Waals surface area contributed by atoms with Crippen molar-refractivity contribution >= 4 is 17.0 Å². The Morgan fingerprint density at radius 1 is 1.44 bits per heavy atom. The summed E-state index contributed by atoms with van der Waals surface area (Å²) in [7, 11) is 0. The van der Waals surface area contributed by atoms with E-state index < -0.39 is 0 Å². The molecule has 0 spiro atoms. The summed E-state index contributed by atoms with van der Waals surface area (Å²) in [5.74, 6) is 0. The number of aromatic nitrogens is 2. The molecule has 2 heterocycles. The summed E-state index contributed by atoms with van der Waals surface area (Å²) in [6.07, 6.45) is 0. The van der Waals surface area contributed by atoms with E-state index in [9.17, 15) is 0 Å². The molecule has 0 radical (unpaired) electrons. The van der Waals surface area contributed by atoms with Gasteiger partial charge in [-0.1, -0.05) is 0 Å². The second kappa shape index (κ2) is 4.70. The van der Waals surface area contributed by atoms with Crippen molar-refractivity contribution in [3.8, 4) is 0 Å². The molecule has 0 aliphatic carbocycles. The SMILES string of the molecule is CCn1nc(C)c(NCc2ccsc2)c1C. The van der Waals surface area contributed by atoms with Gasteiger partial charge in [-0.05, 0) is 43.2 Å². The average Bonchev–Trinajstić information content (AvgIpc) is 2.86. The Bertz CT molecular complexity index is 457. The first-order valence-electron chi connectivity index (χ1n) is 5.51. The van der Waals surface area contributed by atoms with Crippen LogP contribution in [0.4, 0.5) is 5.69 Å². The van der Waals surface area contributed by atoms with Crippen LogP contribution < -0.4 is 5.32 Å². The lowest BCUT2D eigenvalue weighted by Gasteiger charge is -2.05. The smallest absolute Gasteiger partial charge is 0.0828 e. The van der Waals surface area contributed by atoms with E-state index in [1.807, 2.05) is 4.68 Å². The Morgan fingerprint density at radius 3 is 2.81 bits per heavy atom. The van der Waals surface area contributed by atoms with Crippen LogP contribution in [0.2, 0.25) is 0 Å². The molecule has 0 bridgehead atoms. The van der Waals surface area contributed by atoms with Crippen LogP contribution in [-0.2, 0) is 13.1 Å². The zero-order valence-electron chi connectivity index (χ0n) is 9.95. The van der Waals surface area contributed by atoms with E-state index >= 15 is 0 Å². The number of hydrogen-bond acceptors (Lipinski definition) is 3. The highest BCUT2D eigenvalue weighted by molar-refractivity contribution is 7.07. The molecular weight excluding hydrogens is 218 g/mol. The third kappa shape index (κ3) is 2.11. The third-order valence-corrected chi connectivity index (χ3v) is 3.46. The minimum absolute atomic E-state index is 0.876. The lowest BCUT2D eigenvalue weighted by molar-refractivity contribution is 0.634. The molecule has 86 valence electrons. The minimum Gasteiger partial charge on any atom is -0.378 e. The van der Waals surface area contributed by atoms with E-state index in [1.54, 1.807) is 11.3 Å². The van der Waals surface area contributed by atoms with Crippen molar-refractivity contribution in [1.29, 1.82) is 0 Å². The Balaban J connectivity index is 2.12. The van der Waals surface area contributed by atoms with Crippen LogP contribution in [0.5, 0.6) is 0 Å². The fraction of sp³-hybridized carbons (Fsp3) is 0.417. The predicted octanol–water partition coefficient (Wildman–Crippen LogP) is 3.19. The van der Waals surface area contributed by atoms with E-state index in [1.165, 1.54) is 16.9 Å². The van der Waals surface area contributed by atoms with Crippen molar-refractivity contribution < 1.29 is 0 Å². The first kappa shape index (κ1) is 11.2. The van der Waals surface area contributed by atoms with Gasteiger partial charge in [0.25, 0.3) is 0 Å². The highest BCUT2D eigenvalue weighted by atomic mass is 32.1. The summed E-state index contributed by atoms with van der Waals surface area (Å²) < 4.78 is 2.03. The Morgan fingerprint density at radius 2 is 2.25 bits per heavy atom. The van der Waals surface area contributed by atoms with E-state index in [0.29, 0.717) is 0 Å². The molecule has 3 nitrogen and oxygen atoms in total. The van der Waals surface area contributed by atoms with Crippen molar-refractivity contribution in [2.75, 3.05) is 5.32 Å². The van der Waals surface area contributed by atoms with Gasteiger partial charge in [-0.15, -0.1) is 0 Å². The van der Waals surface area contributed by atoms with Crippen LogP contribution in [0.1, 0.15) is 23.9 Å². The standard InChI is InChI=1S/C12H17N3S/c1-4-15-10(3)12(9(2)14-15)13-7-11-5-6-16-8-11/h5-6,8,13H,4,7H2,1-3H3. The number of thiophene rings is 1. The van der Waals surface area contributed by atoms with Crippen molar-refractivity contribution in [2.24, 2.45) is 0 Å². The lowest BCUT2D eigenvalue weighted by Crippen LogP contribution is -2.02. The van der Waals surface area contributed by atoms with Crippen molar-refractivity contribution in [1.82, 2.24) is 9.78 Å². The largest absolute Gasteiger partial charge is 0.378 e. The van der Waals surface area contributed by atoms with Gasteiger partial charge in [-0.25, -0.2) is 0 Å². The number of nitrogens with one attached hydrogen (secondary N) is 1. The van der Waals surface area contributed by atoms with Gasteiger partial charge in [0.15, 0.2) is 0 Å². The topological polar surface area (TPSA) is 29.9 Å². The number of anilines is 1. The predicted molar refractivity (Wildman–Crippen MR) is 69.0 cm³/mol. The summed E-state index contributed by atoms with van der Waals surface area (Å²) >= 11 is 1.73. The molecule has 0 saturated carbocycles. The summed E-state index contributed by atoms with van der Waals surface area (Å²) in [6, 6.07) is 2.15. The molecule has 0 aliphatic rings. The van der Waals surface area contributed by atoms with Crippen LogP contribution in [0.3, 0.4) is 0 Å². The molecule has 2 aromatic heterocycles. The maximum Gasteiger partial charge on any atom is 0.0828 e. The lowest BCUT2D eigenvalue weighted by atomic mass is 10.3. The molecule has 0 unspecified atom stereocenters. The summed E-state index contributed by atoms with van der Waals surface area (Å²) in [6.45, 7) is 8.07. The number of rotatable bonds is 4. The van der Waals surface area contributed by atoms with E-state index in [4.69, 9.17) is 0 Å². The summed E-state index contributed by atoms with van der Waals surface area (Å²) in [5, 5.41) is 12.2. The number of nitrogens with zero attached hydrogens (tertiary/aromatic N) is 2. The first-order chi connectivity index (χ1) is 7.72. The summed E-state index contributed by atoms with van der Waals surface area (Å²) in [5.41, 5.74) is 4.80. The highest BCUT2D eigenvalue weighted by Crippen LogP contribution is 2.20. The van der Waals surface area contributed by atoms with Crippen LogP contribution >= 0.6 is 11.3 Å². The summed E-state index contributed by atoms with van der Waals surface area (Å²) in [4.78, 5) is 0. The van der Waals surface area contributed by atoms with E-state index in [2.05, 4.69) is 48.0 Å². The molecular formula is C12H17N3S. The van der Waals surface area contributed by atoms with Gasteiger partial charge in [0, 0.05) is 13.1 Å². The molecule has 0 saturated heterocycles. The van der Waals surface area contributed by atoms with Crippen LogP contribution in [0.15, 0.2) is 16.8 Å². The fourth-order valence-electron chi connectivity index (χ4n) is 1.84. The van der Waals surface area contributed by atoms with Crippen molar-refractivity contribution in [2.45, 2.75) is 33.9 Å². The average molecular weight is 235 g/mol. The molecule has 0 aromatic carbocycles. The van der Waals surface area contributed by atoms with Crippen molar-refractivity contribution in [3.05, 3.63) is 33.8 Å². The molecule has 0 fully saturated rings. The monoisotopic (exact) mass is 235 g/mol. The fourth-order valence-corrected chi connectivity index (χ4v) is 2.51. The van der Waals surface area contributed by atoms with Gasteiger partial charge in [0.2, 0.25) is 0 Å². The van der Waals surface area contributed by atoms with E-state index in [0.717, 1.165) is 18.8 Å². The van der Waals surface area contributed by atoms with Gasteiger partial charge in [0.05, 0.1) is 17.1 Å². The molecule has 2 rings (SSSR count). The molecule has 16 heavy (non-hydrogen) atoms. The van der Waals surface area contributed by atoms with E-state index in [-0.39, 0.29) is 0 Å². The molecule has 0 aliphatic heterocycles. The van der Waals surface area contributed by atoms with Gasteiger partial charge in [-0.2, -0.15) is 16.4 Å². The second-order valence-electron chi connectivity index (χ2n) is 3.85. The molecule has 1 N–H and O–H groups in total. The van der Waals surface area contributed by atoms with Crippen LogP contribution in [0, 0.1) is 13.8 Å². The third-order valence-electron chi connectivity index (χ3n) is 2.73. The van der Waals surface area contributed by atoms with Gasteiger partial charge in [0.1, 0.15) is 0 Å². The molecule has 2 aromatic rings. The Hall–Kier alpha value is -1.29. The Kier molecular flexibility index (Phi) is 3.29. The minimum atomic E-state index is 0.876. The zero-order valence-corrected chi connectivity index (χ0v) is 10.8. The maximum atomic E-state index is 4.49.